The minimum absolute atomic E-state index is 0.803. The molecule has 0 aliphatic heterocycles. The van der Waals surface area contributed by atoms with Crippen LogP contribution in [0.2, 0.25) is 5.02 Å². The number of hydrogen-bond acceptors (Lipinski definition) is 2. The third-order valence-corrected chi connectivity index (χ3v) is 3.66. The lowest BCUT2D eigenvalue weighted by molar-refractivity contribution is 0.781. The van der Waals surface area contributed by atoms with Crippen molar-refractivity contribution >= 4 is 34.3 Å². The minimum Gasteiger partial charge on any atom is -0.346 e. The monoisotopic (exact) mass is 268 g/mol. The largest absolute Gasteiger partial charge is 0.346 e. The van der Waals surface area contributed by atoms with E-state index in [0.29, 0.717) is 0 Å². The number of fused-ring (bicyclic) bond motifs is 1. The second-order valence-corrected chi connectivity index (χ2v) is 5.45. The maximum atomic E-state index is 6.08. The predicted molar refractivity (Wildman–Crippen MR) is 78.1 cm³/mol. The van der Waals surface area contributed by atoms with Crippen molar-refractivity contribution in [1.82, 2.24) is 9.88 Å². The van der Waals surface area contributed by atoms with Crippen LogP contribution in [-0.4, -0.2) is 23.6 Å². The van der Waals surface area contributed by atoms with Gasteiger partial charge in [-0.1, -0.05) is 17.7 Å². The maximum Gasteiger partial charge on any atom is 0.0498 e. The molecule has 0 spiro atoms. The second kappa shape index (κ2) is 5.80. The number of halogens is 1. The molecule has 2 rings (SSSR count). The highest BCUT2D eigenvalue weighted by atomic mass is 35.5. The molecule has 0 radical (unpaired) electrons. The third kappa shape index (κ3) is 2.79. The van der Waals surface area contributed by atoms with E-state index in [1.54, 1.807) is 0 Å². The van der Waals surface area contributed by atoms with Crippen LogP contribution in [0.1, 0.15) is 5.56 Å². The van der Waals surface area contributed by atoms with E-state index >= 15 is 0 Å². The van der Waals surface area contributed by atoms with Crippen LogP contribution in [0.5, 0.6) is 0 Å². The molecule has 2 aromatic rings. The lowest BCUT2D eigenvalue weighted by Crippen LogP contribution is -2.04. The summed E-state index contributed by atoms with van der Waals surface area (Å²) in [5, 5.41) is 5.31. The Morgan fingerprint density at radius 1 is 1.41 bits per heavy atom. The van der Waals surface area contributed by atoms with Crippen molar-refractivity contribution in [3.63, 3.8) is 0 Å². The Balaban J connectivity index is 2.46. The summed E-state index contributed by atoms with van der Waals surface area (Å²) in [7, 11) is 1.97. The summed E-state index contributed by atoms with van der Waals surface area (Å²) < 4.78 is 2.30. The van der Waals surface area contributed by atoms with Gasteiger partial charge in [-0.3, -0.25) is 0 Å². The molecule has 0 atom stereocenters. The number of benzene rings is 1. The van der Waals surface area contributed by atoms with Crippen LogP contribution < -0.4 is 5.32 Å². The molecular formula is C13H17ClN2S. The number of rotatable bonds is 5. The molecule has 0 aliphatic carbocycles. The number of hydrogen-bond donors (Lipinski definition) is 1. The number of aryl methyl sites for hydroxylation is 1. The van der Waals surface area contributed by atoms with Gasteiger partial charge in [-0.25, -0.2) is 0 Å². The van der Waals surface area contributed by atoms with E-state index in [1.807, 2.05) is 24.9 Å². The molecule has 0 aliphatic rings. The first-order chi connectivity index (χ1) is 8.26. The summed E-state index contributed by atoms with van der Waals surface area (Å²) in [4.78, 5) is 0. The van der Waals surface area contributed by atoms with Crippen molar-refractivity contribution < 1.29 is 0 Å². The van der Waals surface area contributed by atoms with Gasteiger partial charge < -0.3 is 9.88 Å². The van der Waals surface area contributed by atoms with Gasteiger partial charge in [0.25, 0.3) is 0 Å². The zero-order valence-corrected chi connectivity index (χ0v) is 11.7. The Morgan fingerprint density at radius 3 is 2.94 bits per heavy atom. The Bertz CT molecular complexity index is 507. The molecule has 1 heterocycles. The summed E-state index contributed by atoms with van der Waals surface area (Å²) >= 11 is 7.94. The molecule has 17 heavy (non-hydrogen) atoms. The van der Waals surface area contributed by atoms with Crippen LogP contribution >= 0.6 is 23.4 Å². The van der Waals surface area contributed by atoms with Crippen LogP contribution in [0.4, 0.5) is 0 Å². The van der Waals surface area contributed by atoms with Gasteiger partial charge in [0.1, 0.15) is 0 Å². The van der Waals surface area contributed by atoms with Crippen LogP contribution in [0, 0.1) is 0 Å². The molecule has 0 saturated carbocycles. The van der Waals surface area contributed by atoms with E-state index in [4.69, 9.17) is 11.6 Å². The van der Waals surface area contributed by atoms with Crippen molar-refractivity contribution in [3.8, 4) is 0 Å². The Labute approximate surface area is 111 Å². The average Bonchev–Trinajstić information content (AvgIpc) is 2.65. The first-order valence-electron chi connectivity index (χ1n) is 5.67. The van der Waals surface area contributed by atoms with Crippen molar-refractivity contribution in [1.29, 1.82) is 0 Å². The average molecular weight is 269 g/mol. The van der Waals surface area contributed by atoms with Gasteiger partial charge in [0.05, 0.1) is 0 Å². The lowest BCUT2D eigenvalue weighted by atomic mass is 10.2. The Kier molecular flexibility index (Phi) is 4.37. The fraction of sp³-hybridized carbons (Fsp3) is 0.385. The first kappa shape index (κ1) is 12.8. The normalized spacial score (nSPS) is 11.2. The predicted octanol–water partition coefficient (Wildman–Crippen LogP) is 3.38. The highest BCUT2D eigenvalue weighted by molar-refractivity contribution is 7.98. The standard InChI is InChI=1S/C13H17ClN2S/c1-15-8-10-9-16(5-6-17-2)13-7-11(14)3-4-12(10)13/h3-4,7,9,15H,5-6,8H2,1-2H3. The molecule has 4 heteroatoms. The van der Waals surface area contributed by atoms with Crippen molar-refractivity contribution in [2.45, 2.75) is 13.1 Å². The quantitative estimate of drug-likeness (QED) is 0.895. The summed E-state index contributed by atoms with van der Waals surface area (Å²) in [5.41, 5.74) is 2.57. The second-order valence-electron chi connectivity index (χ2n) is 4.03. The molecule has 1 aromatic heterocycles. The maximum absolute atomic E-state index is 6.08. The van der Waals surface area contributed by atoms with E-state index in [9.17, 15) is 0 Å². The van der Waals surface area contributed by atoms with E-state index in [1.165, 1.54) is 16.5 Å². The molecule has 1 aromatic carbocycles. The van der Waals surface area contributed by atoms with E-state index < -0.39 is 0 Å². The van der Waals surface area contributed by atoms with Crippen LogP contribution in [0.25, 0.3) is 10.9 Å². The zero-order valence-electron chi connectivity index (χ0n) is 10.2. The van der Waals surface area contributed by atoms with Gasteiger partial charge in [0.15, 0.2) is 0 Å². The molecule has 0 bridgehead atoms. The highest BCUT2D eigenvalue weighted by Crippen LogP contribution is 2.25. The molecule has 1 N–H and O–H groups in total. The number of thioether (sulfide) groups is 1. The number of nitrogens with zero attached hydrogens (tertiary/aromatic N) is 1. The summed E-state index contributed by atoms with van der Waals surface area (Å²) in [6, 6.07) is 6.12. The SMILES string of the molecule is CNCc1cn(CCSC)c2cc(Cl)ccc12. The number of aromatic nitrogens is 1. The molecule has 0 unspecified atom stereocenters. The van der Waals surface area contributed by atoms with Crippen LogP contribution in [0.3, 0.4) is 0 Å². The van der Waals surface area contributed by atoms with Crippen LogP contribution in [-0.2, 0) is 13.1 Å². The van der Waals surface area contributed by atoms with E-state index in [-0.39, 0.29) is 0 Å². The van der Waals surface area contributed by atoms with Crippen molar-refractivity contribution in [3.05, 3.63) is 35.0 Å². The smallest absolute Gasteiger partial charge is 0.0498 e. The Morgan fingerprint density at radius 2 is 2.24 bits per heavy atom. The molecule has 0 amide bonds. The van der Waals surface area contributed by atoms with Gasteiger partial charge in [0, 0.05) is 41.0 Å². The minimum atomic E-state index is 0.803. The van der Waals surface area contributed by atoms with Gasteiger partial charge >= 0.3 is 0 Å². The van der Waals surface area contributed by atoms with E-state index in [2.05, 4.69) is 34.5 Å². The van der Waals surface area contributed by atoms with Gasteiger partial charge in [-0.05, 0) is 31.0 Å². The molecule has 0 fully saturated rings. The highest BCUT2D eigenvalue weighted by Gasteiger charge is 2.08. The van der Waals surface area contributed by atoms with Crippen molar-refractivity contribution in [2.24, 2.45) is 0 Å². The molecule has 2 nitrogen and oxygen atoms in total. The van der Waals surface area contributed by atoms with Gasteiger partial charge in [-0.2, -0.15) is 11.8 Å². The molecule has 92 valence electrons. The zero-order chi connectivity index (χ0) is 12.3. The summed E-state index contributed by atoms with van der Waals surface area (Å²) in [5.74, 6) is 1.12. The third-order valence-electron chi connectivity index (χ3n) is 2.83. The van der Waals surface area contributed by atoms with E-state index in [0.717, 1.165) is 23.9 Å². The molecule has 0 saturated heterocycles. The fourth-order valence-corrected chi connectivity index (χ4v) is 2.59. The fourth-order valence-electron chi connectivity index (χ4n) is 2.05. The lowest BCUT2D eigenvalue weighted by Gasteiger charge is -2.03. The van der Waals surface area contributed by atoms with Gasteiger partial charge in [-0.15, -0.1) is 0 Å². The first-order valence-corrected chi connectivity index (χ1v) is 7.44. The Hall–Kier alpha value is -0.640. The number of nitrogens with one attached hydrogen (secondary N) is 1. The molecular weight excluding hydrogens is 252 g/mol. The van der Waals surface area contributed by atoms with Gasteiger partial charge in [0.2, 0.25) is 0 Å². The van der Waals surface area contributed by atoms with Crippen LogP contribution in [0.15, 0.2) is 24.4 Å². The summed E-state index contributed by atoms with van der Waals surface area (Å²) in [6.07, 6.45) is 4.36. The topological polar surface area (TPSA) is 17.0 Å². The van der Waals surface area contributed by atoms with Crippen molar-refractivity contribution in [2.75, 3.05) is 19.1 Å². The summed E-state index contributed by atoms with van der Waals surface area (Å²) in [6.45, 7) is 1.92.